The van der Waals surface area contributed by atoms with Gasteiger partial charge in [-0.2, -0.15) is 0 Å². The highest BCUT2D eigenvalue weighted by Gasteiger charge is 2.06. The summed E-state index contributed by atoms with van der Waals surface area (Å²) in [5, 5.41) is 8.18. The summed E-state index contributed by atoms with van der Waals surface area (Å²) in [6, 6.07) is 12.2. The van der Waals surface area contributed by atoms with Gasteiger partial charge in [-0.25, -0.2) is 0 Å². The van der Waals surface area contributed by atoms with Gasteiger partial charge in [0.25, 0.3) is 5.91 Å². The SMILES string of the molecule is CNC(=O)c1ccc(CN[C@H](C)c2cccs2)cc1. The van der Waals surface area contributed by atoms with Crippen molar-refractivity contribution in [3.8, 4) is 0 Å². The second kappa shape index (κ2) is 6.50. The molecule has 0 saturated heterocycles. The first kappa shape index (κ1) is 13.8. The molecule has 0 radical (unpaired) electrons. The molecule has 3 nitrogen and oxygen atoms in total. The van der Waals surface area contributed by atoms with E-state index in [4.69, 9.17) is 0 Å². The van der Waals surface area contributed by atoms with Crippen molar-refractivity contribution < 1.29 is 4.79 Å². The molecule has 0 aliphatic carbocycles. The first-order chi connectivity index (χ1) is 9.20. The molecule has 2 N–H and O–H groups in total. The zero-order valence-corrected chi connectivity index (χ0v) is 12.0. The molecular formula is C15H18N2OS. The van der Waals surface area contributed by atoms with Gasteiger partial charge in [0.2, 0.25) is 0 Å². The van der Waals surface area contributed by atoms with Crippen LogP contribution < -0.4 is 10.6 Å². The van der Waals surface area contributed by atoms with Gasteiger partial charge < -0.3 is 10.6 Å². The van der Waals surface area contributed by atoms with Crippen LogP contribution in [0.25, 0.3) is 0 Å². The Morgan fingerprint density at radius 1 is 1.26 bits per heavy atom. The second-order valence-corrected chi connectivity index (χ2v) is 5.37. The second-order valence-electron chi connectivity index (χ2n) is 4.39. The van der Waals surface area contributed by atoms with Crippen LogP contribution >= 0.6 is 11.3 Å². The van der Waals surface area contributed by atoms with Gasteiger partial charge >= 0.3 is 0 Å². The largest absolute Gasteiger partial charge is 0.355 e. The van der Waals surface area contributed by atoms with E-state index in [-0.39, 0.29) is 5.91 Å². The average molecular weight is 274 g/mol. The molecule has 100 valence electrons. The fourth-order valence-electron chi connectivity index (χ4n) is 1.83. The Bertz CT molecular complexity index is 520. The molecule has 19 heavy (non-hydrogen) atoms. The fourth-order valence-corrected chi connectivity index (χ4v) is 2.59. The number of rotatable bonds is 5. The number of hydrogen-bond donors (Lipinski definition) is 2. The molecule has 2 aromatic rings. The maximum absolute atomic E-state index is 11.4. The molecule has 0 saturated carbocycles. The molecule has 0 bridgehead atoms. The highest BCUT2D eigenvalue weighted by Crippen LogP contribution is 2.18. The normalized spacial score (nSPS) is 12.1. The lowest BCUT2D eigenvalue weighted by Gasteiger charge is -2.12. The minimum atomic E-state index is -0.0496. The topological polar surface area (TPSA) is 41.1 Å². The molecule has 1 heterocycles. The minimum Gasteiger partial charge on any atom is -0.355 e. The summed E-state index contributed by atoms with van der Waals surface area (Å²) in [4.78, 5) is 12.8. The number of amides is 1. The standard InChI is InChI=1S/C15H18N2OS/c1-11(14-4-3-9-19-14)17-10-12-5-7-13(8-6-12)15(18)16-2/h3-9,11,17H,10H2,1-2H3,(H,16,18)/t11-/m1/s1. The van der Waals surface area contributed by atoms with E-state index in [1.807, 2.05) is 24.3 Å². The predicted molar refractivity (Wildman–Crippen MR) is 79.4 cm³/mol. The van der Waals surface area contributed by atoms with Crippen molar-refractivity contribution in [3.63, 3.8) is 0 Å². The third-order valence-corrected chi connectivity index (χ3v) is 4.08. The minimum absolute atomic E-state index is 0.0496. The lowest BCUT2D eigenvalue weighted by Crippen LogP contribution is -2.19. The van der Waals surface area contributed by atoms with E-state index in [0.717, 1.165) is 6.54 Å². The van der Waals surface area contributed by atoms with Crippen LogP contribution in [0.4, 0.5) is 0 Å². The highest BCUT2D eigenvalue weighted by atomic mass is 32.1. The zero-order valence-electron chi connectivity index (χ0n) is 11.1. The monoisotopic (exact) mass is 274 g/mol. The summed E-state index contributed by atoms with van der Waals surface area (Å²) in [5.74, 6) is -0.0496. The third kappa shape index (κ3) is 3.66. The van der Waals surface area contributed by atoms with Crippen molar-refractivity contribution in [2.75, 3.05) is 7.05 Å². The number of hydrogen-bond acceptors (Lipinski definition) is 3. The Balaban J connectivity index is 1.91. The van der Waals surface area contributed by atoms with E-state index >= 15 is 0 Å². The maximum atomic E-state index is 11.4. The van der Waals surface area contributed by atoms with E-state index in [9.17, 15) is 4.79 Å². The summed E-state index contributed by atoms with van der Waals surface area (Å²) < 4.78 is 0. The van der Waals surface area contributed by atoms with Crippen LogP contribution in [0.3, 0.4) is 0 Å². The van der Waals surface area contributed by atoms with Gasteiger partial charge in [0.1, 0.15) is 0 Å². The van der Waals surface area contributed by atoms with Crippen molar-refractivity contribution in [1.29, 1.82) is 0 Å². The van der Waals surface area contributed by atoms with Gasteiger partial charge in [0.05, 0.1) is 0 Å². The third-order valence-electron chi connectivity index (χ3n) is 3.03. The maximum Gasteiger partial charge on any atom is 0.251 e. The van der Waals surface area contributed by atoms with Gasteiger partial charge in [-0.3, -0.25) is 4.79 Å². The molecule has 0 unspecified atom stereocenters. The number of benzene rings is 1. The molecular weight excluding hydrogens is 256 g/mol. The smallest absolute Gasteiger partial charge is 0.251 e. The van der Waals surface area contributed by atoms with Gasteiger partial charge in [0, 0.05) is 30.1 Å². The lowest BCUT2D eigenvalue weighted by atomic mass is 10.1. The number of carbonyl (C=O) groups is 1. The van der Waals surface area contributed by atoms with Crippen LogP contribution in [-0.4, -0.2) is 13.0 Å². The summed E-state index contributed by atoms with van der Waals surface area (Å²) >= 11 is 1.76. The van der Waals surface area contributed by atoms with Crippen LogP contribution in [0.1, 0.15) is 33.8 Å². The van der Waals surface area contributed by atoms with Crippen molar-refractivity contribution in [3.05, 3.63) is 57.8 Å². The molecule has 1 amide bonds. The summed E-state index contributed by atoms with van der Waals surface area (Å²) in [7, 11) is 1.64. The molecule has 0 aliphatic rings. The van der Waals surface area contributed by atoms with Crippen LogP contribution in [-0.2, 0) is 6.54 Å². The van der Waals surface area contributed by atoms with Gasteiger partial charge in [-0.05, 0) is 36.1 Å². The zero-order chi connectivity index (χ0) is 13.7. The van der Waals surface area contributed by atoms with E-state index in [0.29, 0.717) is 11.6 Å². The van der Waals surface area contributed by atoms with Crippen molar-refractivity contribution >= 4 is 17.2 Å². The molecule has 1 aromatic heterocycles. The molecule has 0 aliphatic heterocycles. The summed E-state index contributed by atoms with van der Waals surface area (Å²) in [5.41, 5.74) is 1.87. The Morgan fingerprint density at radius 2 is 2.00 bits per heavy atom. The first-order valence-corrected chi connectivity index (χ1v) is 7.16. The summed E-state index contributed by atoms with van der Waals surface area (Å²) in [6.07, 6.45) is 0. The van der Waals surface area contributed by atoms with Gasteiger partial charge in [0.15, 0.2) is 0 Å². The fraction of sp³-hybridized carbons (Fsp3) is 0.267. The summed E-state index contributed by atoms with van der Waals surface area (Å²) in [6.45, 7) is 2.96. The molecule has 0 fully saturated rings. The molecule has 1 aromatic carbocycles. The molecule has 0 spiro atoms. The van der Waals surface area contributed by atoms with Crippen LogP contribution in [0.5, 0.6) is 0 Å². The first-order valence-electron chi connectivity index (χ1n) is 6.28. The Labute approximate surface area is 117 Å². The van der Waals surface area contributed by atoms with E-state index < -0.39 is 0 Å². The van der Waals surface area contributed by atoms with Crippen LogP contribution in [0, 0.1) is 0 Å². The Morgan fingerprint density at radius 3 is 2.58 bits per heavy atom. The number of thiophene rings is 1. The Kier molecular flexibility index (Phi) is 4.71. The van der Waals surface area contributed by atoms with Gasteiger partial charge in [-0.15, -0.1) is 11.3 Å². The highest BCUT2D eigenvalue weighted by molar-refractivity contribution is 7.10. The molecule has 4 heteroatoms. The Hall–Kier alpha value is -1.65. The predicted octanol–water partition coefficient (Wildman–Crippen LogP) is 2.96. The average Bonchev–Trinajstić information content (AvgIpc) is 2.98. The number of nitrogens with one attached hydrogen (secondary N) is 2. The van der Waals surface area contributed by atoms with E-state index in [2.05, 4.69) is 35.1 Å². The van der Waals surface area contributed by atoms with Crippen molar-refractivity contribution in [2.24, 2.45) is 0 Å². The van der Waals surface area contributed by atoms with Gasteiger partial charge in [-0.1, -0.05) is 18.2 Å². The van der Waals surface area contributed by atoms with E-state index in [1.54, 1.807) is 18.4 Å². The number of carbonyl (C=O) groups excluding carboxylic acids is 1. The van der Waals surface area contributed by atoms with Crippen LogP contribution in [0.2, 0.25) is 0 Å². The van der Waals surface area contributed by atoms with Crippen LogP contribution in [0.15, 0.2) is 41.8 Å². The van der Waals surface area contributed by atoms with Crippen molar-refractivity contribution in [2.45, 2.75) is 19.5 Å². The lowest BCUT2D eigenvalue weighted by molar-refractivity contribution is 0.0963. The van der Waals surface area contributed by atoms with E-state index in [1.165, 1.54) is 10.4 Å². The molecule has 1 atom stereocenters. The molecule has 2 rings (SSSR count). The van der Waals surface area contributed by atoms with Crippen molar-refractivity contribution in [1.82, 2.24) is 10.6 Å². The quantitative estimate of drug-likeness (QED) is 0.880.